The molecule has 2 aromatic rings. The second-order valence-electron chi connectivity index (χ2n) is 4.27. The molecule has 1 N–H and O–H groups in total. The first-order chi connectivity index (χ1) is 8.60. The lowest BCUT2D eigenvalue weighted by Crippen LogP contribution is -2.03. The molecule has 18 heavy (non-hydrogen) atoms. The molecule has 0 amide bonds. The van der Waals surface area contributed by atoms with Crippen LogP contribution in [0.4, 0.5) is 0 Å². The van der Waals surface area contributed by atoms with Gasteiger partial charge in [-0.05, 0) is 17.7 Å². The number of hydrogen-bond donors (Lipinski definition) is 1. The maximum Gasteiger partial charge on any atom is 0.155 e. The third-order valence-corrected chi connectivity index (χ3v) is 4.28. The van der Waals surface area contributed by atoms with Crippen LogP contribution in [0.15, 0.2) is 18.5 Å². The van der Waals surface area contributed by atoms with Crippen molar-refractivity contribution in [3.63, 3.8) is 0 Å². The quantitative estimate of drug-likeness (QED) is 0.918. The highest BCUT2D eigenvalue weighted by Gasteiger charge is 2.07. The number of hydrogen-bond acceptors (Lipinski definition) is 3. The van der Waals surface area contributed by atoms with Gasteiger partial charge in [-0.1, -0.05) is 30.1 Å². The van der Waals surface area contributed by atoms with Crippen molar-refractivity contribution in [3.8, 4) is 0 Å². The number of rotatable bonds is 5. The molecule has 2 heterocycles. The van der Waals surface area contributed by atoms with Crippen LogP contribution >= 0.6 is 35.0 Å². The van der Waals surface area contributed by atoms with Crippen LogP contribution in [0.5, 0.6) is 0 Å². The van der Waals surface area contributed by atoms with E-state index in [1.165, 1.54) is 0 Å². The summed E-state index contributed by atoms with van der Waals surface area (Å²) in [4.78, 5) is 4.47. The largest absolute Gasteiger partial charge is 0.396 e. The highest BCUT2D eigenvalue weighted by molar-refractivity contribution is 7.98. The average molecular weight is 305 g/mol. The first-order valence-corrected chi connectivity index (χ1v) is 7.52. The molecule has 2 aromatic heterocycles. The molecular weight excluding hydrogens is 291 g/mol. The molecule has 0 bridgehead atoms. The summed E-state index contributed by atoms with van der Waals surface area (Å²) < 4.78 is 1.84. The van der Waals surface area contributed by atoms with E-state index in [4.69, 9.17) is 28.3 Å². The number of aromatic nitrogens is 2. The Balaban J connectivity index is 2.08. The summed E-state index contributed by atoms with van der Waals surface area (Å²) in [5.74, 6) is 2.03. The Kier molecular flexibility index (Phi) is 4.78. The van der Waals surface area contributed by atoms with Crippen molar-refractivity contribution >= 4 is 40.6 Å². The molecule has 1 unspecified atom stereocenters. The topological polar surface area (TPSA) is 37.5 Å². The second kappa shape index (κ2) is 6.15. The molecule has 6 heteroatoms. The van der Waals surface area contributed by atoms with E-state index in [0.717, 1.165) is 22.8 Å². The van der Waals surface area contributed by atoms with E-state index in [1.54, 1.807) is 24.0 Å². The lowest BCUT2D eigenvalue weighted by Gasteiger charge is -2.05. The molecule has 98 valence electrons. The lowest BCUT2D eigenvalue weighted by atomic mass is 10.2. The molecule has 0 aliphatic rings. The molecule has 0 spiro atoms. The third-order valence-electron chi connectivity index (χ3n) is 2.49. The fourth-order valence-corrected chi connectivity index (χ4v) is 3.06. The van der Waals surface area contributed by atoms with Crippen molar-refractivity contribution in [2.45, 2.75) is 12.7 Å². The summed E-state index contributed by atoms with van der Waals surface area (Å²) in [6.45, 7) is 2.24. The Morgan fingerprint density at radius 1 is 1.44 bits per heavy atom. The summed E-state index contributed by atoms with van der Waals surface area (Å²) >= 11 is 13.8. The number of aliphatic hydroxyl groups excluding tert-OH is 1. The van der Waals surface area contributed by atoms with E-state index in [0.29, 0.717) is 16.0 Å². The molecule has 2 rings (SSSR count). The van der Waals surface area contributed by atoms with Gasteiger partial charge in [0.1, 0.15) is 0 Å². The highest BCUT2D eigenvalue weighted by Crippen LogP contribution is 2.23. The zero-order valence-corrected chi connectivity index (χ0v) is 12.3. The van der Waals surface area contributed by atoms with Crippen LogP contribution in [-0.2, 0) is 5.75 Å². The molecule has 0 aliphatic carbocycles. The standard InChI is InChI=1S/C12H14Cl2N2OS/c1-8(5-17)6-18-7-10-4-16-3-9(13)2-11(14)12(16)15-10/h2-4,8,17H,5-7H2,1H3. The van der Waals surface area contributed by atoms with Crippen molar-refractivity contribution in [1.82, 2.24) is 9.38 Å². The minimum Gasteiger partial charge on any atom is -0.396 e. The SMILES string of the molecule is CC(CO)CSCc1cn2cc(Cl)cc(Cl)c2n1. The molecule has 1 atom stereocenters. The highest BCUT2D eigenvalue weighted by atomic mass is 35.5. The van der Waals surface area contributed by atoms with Gasteiger partial charge in [0.2, 0.25) is 0 Å². The number of nitrogens with zero attached hydrogens (tertiary/aromatic N) is 2. The smallest absolute Gasteiger partial charge is 0.155 e. The van der Waals surface area contributed by atoms with E-state index in [2.05, 4.69) is 4.98 Å². The zero-order chi connectivity index (χ0) is 13.1. The lowest BCUT2D eigenvalue weighted by molar-refractivity contribution is 0.250. The van der Waals surface area contributed by atoms with Crippen molar-refractivity contribution < 1.29 is 5.11 Å². The number of pyridine rings is 1. The van der Waals surface area contributed by atoms with Gasteiger partial charge < -0.3 is 9.51 Å². The van der Waals surface area contributed by atoms with Gasteiger partial charge in [-0.2, -0.15) is 11.8 Å². The summed E-state index contributed by atoms with van der Waals surface area (Å²) in [6.07, 6.45) is 3.73. The van der Waals surface area contributed by atoms with Crippen molar-refractivity contribution in [2.24, 2.45) is 5.92 Å². The fraction of sp³-hybridized carbons (Fsp3) is 0.417. The van der Waals surface area contributed by atoms with Crippen LogP contribution in [0.25, 0.3) is 5.65 Å². The number of halogens is 2. The van der Waals surface area contributed by atoms with Gasteiger partial charge in [-0.3, -0.25) is 0 Å². The van der Waals surface area contributed by atoms with Gasteiger partial charge in [0.05, 0.1) is 15.7 Å². The predicted molar refractivity (Wildman–Crippen MR) is 77.6 cm³/mol. The molecule has 0 aromatic carbocycles. The van der Waals surface area contributed by atoms with Crippen molar-refractivity contribution in [2.75, 3.05) is 12.4 Å². The molecule has 0 saturated heterocycles. The van der Waals surface area contributed by atoms with Gasteiger partial charge in [-0.15, -0.1) is 0 Å². The van der Waals surface area contributed by atoms with E-state index >= 15 is 0 Å². The molecule has 0 saturated carbocycles. The fourth-order valence-electron chi connectivity index (χ4n) is 1.56. The monoisotopic (exact) mass is 304 g/mol. The summed E-state index contributed by atoms with van der Waals surface area (Å²) in [6, 6.07) is 1.69. The maximum absolute atomic E-state index is 8.95. The van der Waals surface area contributed by atoms with Crippen LogP contribution in [0.2, 0.25) is 10.0 Å². The minimum absolute atomic E-state index is 0.222. The number of aliphatic hydroxyl groups is 1. The van der Waals surface area contributed by atoms with Crippen molar-refractivity contribution in [1.29, 1.82) is 0 Å². The predicted octanol–water partition coefficient (Wildman–Crippen LogP) is 3.50. The molecule has 0 radical (unpaired) electrons. The van der Waals surface area contributed by atoms with E-state index in [1.807, 2.05) is 17.5 Å². The summed E-state index contributed by atoms with van der Waals surface area (Å²) in [5.41, 5.74) is 1.70. The molecule has 0 aliphatic heterocycles. The minimum atomic E-state index is 0.222. The van der Waals surface area contributed by atoms with Crippen LogP contribution < -0.4 is 0 Å². The van der Waals surface area contributed by atoms with Crippen LogP contribution in [0.1, 0.15) is 12.6 Å². The molecular formula is C12H14Cl2N2OS. The van der Waals surface area contributed by atoms with E-state index in [-0.39, 0.29) is 6.61 Å². The third kappa shape index (κ3) is 3.32. The van der Waals surface area contributed by atoms with Crippen LogP contribution in [-0.4, -0.2) is 26.9 Å². The Labute approximate surface area is 120 Å². The summed E-state index contributed by atoms with van der Waals surface area (Å²) in [7, 11) is 0. The molecule has 0 fully saturated rings. The Hall–Kier alpha value is -0.420. The first-order valence-electron chi connectivity index (χ1n) is 5.61. The average Bonchev–Trinajstić information content (AvgIpc) is 2.72. The van der Waals surface area contributed by atoms with Gasteiger partial charge in [0.25, 0.3) is 0 Å². The number of imidazole rings is 1. The van der Waals surface area contributed by atoms with Gasteiger partial charge in [0, 0.05) is 24.8 Å². The second-order valence-corrected chi connectivity index (χ2v) is 6.15. The molecule has 3 nitrogen and oxygen atoms in total. The zero-order valence-electron chi connectivity index (χ0n) is 9.94. The first kappa shape index (κ1) is 14.0. The Morgan fingerprint density at radius 3 is 2.94 bits per heavy atom. The summed E-state index contributed by atoms with van der Waals surface area (Å²) in [5, 5.41) is 10.1. The van der Waals surface area contributed by atoms with E-state index in [9.17, 15) is 0 Å². The van der Waals surface area contributed by atoms with E-state index < -0.39 is 0 Å². The van der Waals surface area contributed by atoms with Gasteiger partial charge in [0.15, 0.2) is 5.65 Å². The van der Waals surface area contributed by atoms with Gasteiger partial charge in [-0.25, -0.2) is 4.98 Å². The number of thioether (sulfide) groups is 1. The van der Waals surface area contributed by atoms with Gasteiger partial charge >= 0.3 is 0 Å². The van der Waals surface area contributed by atoms with Crippen molar-refractivity contribution in [3.05, 3.63) is 34.2 Å². The van der Waals surface area contributed by atoms with Crippen LogP contribution in [0.3, 0.4) is 0 Å². The Morgan fingerprint density at radius 2 is 2.22 bits per heavy atom. The Bertz CT molecular complexity index is 544. The maximum atomic E-state index is 8.95. The van der Waals surface area contributed by atoms with Crippen LogP contribution in [0, 0.1) is 5.92 Å². The number of fused-ring (bicyclic) bond motifs is 1. The normalized spacial score (nSPS) is 13.1.